The number of amides is 2. The number of carbonyl (C=O) groups excluding carboxylic acids is 1. The van der Waals surface area contributed by atoms with Crippen LogP contribution in [0.1, 0.15) is 23.6 Å². The number of aryl methyl sites for hydroxylation is 1. The van der Waals surface area contributed by atoms with Crippen molar-refractivity contribution in [3.05, 3.63) is 78.0 Å². The number of urea groups is 1. The molecule has 0 unspecified atom stereocenters. The standard InChI is InChI=1S/C20H20N4O4S/c25-20(23-29(26,27)17-14-21-24-12-7-13-28-19(17)24)22-18(15-8-3-1-4-9-15)16-10-5-2-6-11-16/h1-6,8-11,14,18H,7,12-13H2,(H2,22,23,25). The van der Waals surface area contributed by atoms with Crippen molar-refractivity contribution in [1.29, 1.82) is 0 Å². The topological polar surface area (TPSA) is 102 Å². The normalized spacial score (nSPS) is 13.4. The maximum Gasteiger partial charge on any atom is 0.329 e. The van der Waals surface area contributed by atoms with E-state index in [1.807, 2.05) is 60.7 Å². The lowest BCUT2D eigenvalue weighted by molar-refractivity contribution is 0.224. The van der Waals surface area contributed by atoms with E-state index in [1.54, 1.807) is 0 Å². The Balaban J connectivity index is 1.56. The van der Waals surface area contributed by atoms with Crippen LogP contribution in [0.4, 0.5) is 4.79 Å². The molecule has 2 heterocycles. The summed E-state index contributed by atoms with van der Waals surface area (Å²) in [6.45, 7) is 0.978. The second kappa shape index (κ2) is 7.96. The molecule has 150 valence electrons. The molecule has 0 bridgehead atoms. The number of hydrogen-bond donors (Lipinski definition) is 2. The number of fused-ring (bicyclic) bond motifs is 1. The fourth-order valence-electron chi connectivity index (χ4n) is 3.22. The van der Waals surface area contributed by atoms with Gasteiger partial charge in [-0.05, 0) is 11.1 Å². The minimum Gasteiger partial charge on any atom is -0.477 e. The molecule has 0 aliphatic carbocycles. The van der Waals surface area contributed by atoms with Crippen LogP contribution in [-0.2, 0) is 16.6 Å². The number of rotatable bonds is 5. The summed E-state index contributed by atoms with van der Waals surface area (Å²) in [4.78, 5) is 12.5. The molecule has 2 N–H and O–H groups in total. The number of ether oxygens (including phenoxy) is 1. The van der Waals surface area contributed by atoms with E-state index in [9.17, 15) is 13.2 Å². The lowest BCUT2D eigenvalue weighted by Crippen LogP contribution is -2.41. The highest BCUT2D eigenvalue weighted by Crippen LogP contribution is 2.27. The number of aromatic nitrogens is 2. The third kappa shape index (κ3) is 4.09. The van der Waals surface area contributed by atoms with E-state index in [0.717, 1.165) is 17.5 Å². The van der Waals surface area contributed by atoms with E-state index in [1.165, 1.54) is 10.9 Å². The van der Waals surface area contributed by atoms with Crippen molar-refractivity contribution in [1.82, 2.24) is 19.8 Å². The highest BCUT2D eigenvalue weighted by molar-refractivity contribution is 7.90. The molecule has 9 heteroatoms. The molecular weight excluding hydrogens is 392 g/mol. The summed E-state index contributed by atoms with van der Waals surface area (Å²) in [6, 6.07) is 17.3. The zero-order valence-electron chi connectivity index (χ0n) is 15.5. The molecule has 2 aromatic carbocycles. The van der Waals surface area contributed by atoms with E-state index in [-0.39, 0.29) is 10.8 Å². The smallest absolute Gasteiger partial charge is 0.329 e. The Morgan fingerprint density at radius 3 is 2.28 bits per heavy atom. The molecule has 0 spiro atoms. The first kappa shape index (κ1) is 19.0. The van der Waals surface area contributed by atoms with Crippen LogP contribution in [-0.4, -0.2) is 30.8 Å². The van der Waals surface area contributed by atoms with E-state index in [0.29, 0.717) is 13.2 Å². The fraction of sp³-hybridized carbons (Fsp3) is 0.200. The lowest BCUT2D eigenvalue weighted by atomic mass is 9.99. The second-order valence-corrected chi connectivity index (χ2v) is 8.22. The highest BCUT2D eigenvalue weighted by Gasteiger charge is 2.29. The predicted molar refractivity (Wildman–Crippen MR) is 106 cm³/mol. The quantitative estimate of drug-likeness (QED) is 0.670. The molecule has 29 heavy (non-hydrogen) atoms. The van der Waals surface area contributed by atoms with Crippen LogP contribution < -0.4 is 14.8 Å². The number of nitrogens with one attached hydrogen (secondary N) is 2. The first-order valence-corrected chi connectivity index (χ1v) is 10.6. The molecule has 1 aromatic heterocycles. The summed E-state index contributed by atoms with van der Waals surface area (Å²) < 4.78 is 34.4. The van der Waals surface area contributed by atoms with Gasteiger partial charge in [-0.15, -0.1) is 0 Å². The fourth-order valence-corrected chi connectivity index (χ4v) is 4.21. The molecule has 2 amide bonds. The number of carbonyl (C=O) groups is 1. The van der Waals surface area contributed by atoms with E-state index >= 15 is 0 Å². The van der Waals surface area contributed by atoms with Gasteiger partial charge in [0.15, 0.2) is 4.90 Å². The third-order valence-corrected chi connectivity index (χ3v) is 5.88. The zero-order chi connectivity index (χ0) is 20.3. The Bertz CT molecular complexity index is 1060. The summed E-state index contributed by atoms with van der Waals surface area (Å²) in [6.07, 6.45) is 1.94. The molecule has 0 radical (unpaired) electrons. The molecular formula is C20H20N4O4S. The van der Waals surface area contributed by atoms with Gasteiger partial charge in [0.2, 0.25) is 5.88 Å². The zero-order valence-corrected chi connectivity index (χ0v) is 16.3. The average Bonchev–Trinajstić information content (AvgIpc) is 3.18. The van der Waals surface area contributed by atoms with Crippen molar-refractivity contribution in [3.63, 3.8) is 0 Å². The number of sulfonamides is 1. The molecule has 1 aliphatic heterocycles. The molecule has 0 atom stereocenters. The van der Waals surface area contributed by atoms with E-state index in [4.69, 9.17) is 4.74 Å². The molecule has 4 rings (SSSR count). The van der Waals surface area contributed by atoms with Gasteiger partial charge in [0.1, 0.15) is 0 Å². The third-order valence-electron chi connectivity index (χ3n) is 4.57. The summed E-state index contributed by atoms with van der Waals surface area (Å²) >= 11 is 0. The molecule has 8 nitrogen and oxygen atoms in total. The van der Waals surface area contributed by atoms with E-state index < -0.39 is 22.1 Å². The van der Waals surface area contributed by atoms with Gasteiger partial charge in [-0.1, -0.05) is 60.7 Å². The predicted octanol–water partition coefficient (Wildman–Crippen LogP) is 2.44. The van der Waals surface area contributed by atoms with Gasteiger partial charge in [-0.3, -0.25) is 0 Å². The van der Waals surface area contributed by atoms with Gasteiger partial charge in [0.25, 0.3) is 10.0 Å². The Morgan fingerprint density at radius 2 is 1.66 bits per heavy atom. The van der Waals surface area contributed by atoms with Gasteiger partial charge in [-0.25, -0.2) is 22.6 Å². The summed E-state index contributed by atoms with van der Waals surface area (Å²) in [5, 5.41) is 6.78. The van der Waals surface area contributed by atoms with E-state index in [2.05, 4.69) is 15.1 Å². The van der Waals surface area contributed by atoms with Crippen molar-refractivity contribution in [2.24, 2.45) is 0 Å². The summed E-state index contributed by atoms with van der Waals surface area (Å²) in [7, 11) is -4.14. The van der Waals surface area contributed by atoms with Gasteiger partial charge in [0, 0.05) is 13.0 Å². The van der Waals surface area contributed by atoms with Crippen LogP contribution in [0.3, 0.4) is 0 Å². The maximum atomic E-state index is 12.7. The summed E-state index contributed by atoms with van der Waals surface area (Å²) in [5.41, 5.74) is 1.66. The van der Waals surface area contributed by atoms with Crippen molar-refractivity contribution in [3.8, 4) is 5.88 Å². The number of hydrogen-bond acceptors (Lipinski definition) is 5. The summed E-state index contributed by atoms with van der Waals surface area (Å²) in [5.74, 6) is 0.152. The van der Waals surface area contributed by atoms with Gasteiger partial charge >= 0.3 is 6.03 Å². The molecule has 0 fully saturated rings. The molecule has 3 aromatic rings. The molecule has 0 saturated carbocycles. The van der Waals surface area contributed by atoms with Crippen molar-refractivity contribution < 1.29 is 17.9 Å². The first-order valence-electron chi connectivity index (χ1n) is 9.16. The highest BCUT2D eigenvalue weighted by atomic mass is 32.2. The molecule has 1 aliphatic rings. The number of benzene rings is 2. The van der Waals surface area contributed by atoms with Crippen molar-refractivity contribution in [2.75, 3.05) is 6.61 Å². The Labute approximate surface area is 168 Å². The van der Waals surface area contributed by atoms with Gasteiger partial charge < -0.3 is 10.1 Å². The molecule has 0 saturated heterocycles. The van der Waals surface area contributed by atoms with Crippen LogP contribution in [0.15, 0.2) is 71.8 Å². The number of nitrogens with zero attached hydrogens (tertiary/aromatic N) is 2. The van der Waals surface area contributed by atoms with Gasteiger partial charge in [-0.2, -0.15) is 5.10 Å². The van der Waals surface area contributed by atoms with Crippen molar-refractivity contribution >= 4 is 16.1 Å². The van der Waals surface area contributed by atoms with Crippen LogP contribution in [0.25, 0.3) is 0 Å². The van der Waals surface area contributed by atoms with Gasteiger partial charge in [0.05, 0.1) is 18.8 Å². The SMILES string of the molecule is O=C(NC(c1ccccc1)c1ccccc1)NS(=O)(=O)c1cnn2c1OCCC2. The lowest BCUT2D eigenvalue weighted by Gasteiger charge is -2.20. The first-order chi connectivity index (χ1) is 14.0. The van der Waals surface area contributed by atoms with Crippen molar-refractivity contribution in [2.45, 2.75) is 23.9 Å². The minimum absolute atomic E-state index is 0.150. The van der Waals surface area contributed by atoms with Crippen LogP contribution >= 0.6 is 0 Å². The Morgan fingerprint density at radius 1 is 1.03 bits per heavy atom. The average molecular weight is 412 g/mol. The largest absolute Gasteiger partial charge is 0.477 e. The Hall–Kier alpha value is -3.33. The maximum absolute atomic E-state index is 12.7. The second-order valence-electron chi connectivity index (χ2n) is 6.57. The van der Waals surface area contributed by atoms with Crippen LogP contribution in [0, 0.1) is 0 Å². The van der Waals surface area contributed by atoms with Crippen LogP contribution in [0.2, 0.25) is 0 Å². The van der Waals surface area contributed by atoms with Crippen LogP contribution in [0.5, 0.6) is 5.88 Å². The monoisotopic (exact) mass is 412 g/mol. The minimum atomic E-state index is -4.14. The Kier molecular flexibility index (Phi) is 5.22.